The molecule has 1 fully saturated rings. The summed E-state index contributed by atoms with van der Waals surface area (Å²) >= 11 is 0. The number of alkyl halides is 6. The molecule has 1 saturated heterocycles. The molecule has 0 aromatic rings. The molecule has 1 aliphatic heterocycles. The lowest BCUT2D eigenvalue weighted by atomic mass is 10.1. The summed E-state index contributed by atoms with van der Waals surface area (Å²) in [6.45, 7) is 3.32. The van der Waals surface area contributed by atoms with Crippen molar-refractivity contribution in [1.82, 2.24) is 0 Å². The van der Waals surface area contributed by atoms with Crippen molar-refractivity contribution >= 4 is 0 Å². The van der Waals surface area contributed by atoms with Gasteiger partial charge >= 0.3 is 18.1 Å². The van der Waals surface area contributed by atoms with Gasteiger partial charge in [-0.3, -0.25) is 0 Å². The molecule has 1 heterocycles. The molecule has 1 aliphatic rings. The third kappa shape index (κ3) is 2.99. The number of hydrogen-bond acceptors (Lipinski definition) is 2. The normalized spacial score (nSPS) is 27.8. The highest BCUT2D eigenvalue weighted by Gasteiger charge is 2.78. The van der Waals surface area contributed by atoms with Gasteiger partial charge in [0.05, 0.1) is 12.2 Å². The lowest BCUT2D eigenvalue weighted by Gasteiger charge is -2.31. The molecule has 0 aliphatic carbocycles. The molecule has 1 rings (SSSR count). The molecule has 2 unspecified atom stereocenters. The van der Waals surface area contributed by atoms with Gasteiger partial charge in [0.25, 0.3) is 0 Å². The maximum absolute atomic E-state index is 12.8. The molecule has 19 heavy (non-hydrogen) atoms. The van der Waals surface area contributed by atoms with Crippen LogP contribution in [0, 0.1) is 0 Å². The Kier molecular flexibility index (Phi) is 4.77. The van der Waals surface area contributed by atoms with Crippen LogP contribution in [0.1, 0.15) is 39.5 Å². The first-order chi connectivity index (χ1) is 8.59. The van der Waals surface area contributed by atoms with E-state index in [1.807, 2.05) is 0 Å². The van der Waals surface area contributed by atoms with Gasteiger partial charge in [-0.2, -0.15) is 26.3 Å². The molecule has 2 atom stereocenters. The lowest BCUT2D eigenvalue weighted by Crippen LogP contribution is -2.58. The van der Waals surface area contributed by atoms with Crippen molar-refractivity contribution in [3.63, 3.8) is 0 Å². The smallest absolute Gasteiger partial charge is 0.329 e. The first-order valence-electron chi connectivity index (χ1n) is 6.08. The molecule has 0 bridgehead atoms. The van der Waals surface area contributed by atoms with E-state index < -0.39 is 30.3 Å². The summed E-state index contributed by atoms with van der Waals surface area (Å²) < 4.78 is 85.2. The Hall–Kier alpha value is -0.500. The molecule has 114 valence electrons. The zero-order valence-corrected chi connectivity index (χ0v) is 10.6. The monoisotopic (exact) mass is 294 g/mol. The van der Waals surface area contributed by atoms with Crippen molar-refractivity contribution in [2.24, 2.45) is 0 Å². The average molecular weight is 294 g/mol. The minimum Gasteiger partial charge on any atom is -0.329 e. The summed E-state index contributed by atoms with van der Waals surface area (Å²) in [7, 11) is 0. The third-order valence-corrected chi connectivity index (χ3v) is 2.94. The quantitative estimate of drug-likeness (QED) is 0.724. The van der Waals surface area contributed by atoms with Crippen LogP contribution in [0.25, 0.3) is 0 Å². The van der Waals surface area contributed by atoms with Crippen LogP contribution in [0.15, 0.2) is 0 Å². The first kappa shape index (κ1) is 16.6. The van der Waals surface area contributed by atoms with E-state index in [0.717, 1.165) is 0 Å². The van der Waals surface area contributed by atoms with Crippen LogP contribution in [0.4, 0.5) is 26.3 Å². The summed E-state index contributed by atoms with van der Waals surface area (Å²) in [6.07, 6.45) is -12.7. The molecular formula is C11H16F6O2. The van der Waals surface area contributed by atoms with E-state index in [1.54, 1.807) is 13.8 Å². The Morgan fingerprint density at radius 3 is 1.32 bits per heavy atom. The fourth-order valence-corrected chi connectivity index (χ4v) is 2.09. The van der Waals surface area contributed by atoms with Crippen LogP contribution in [0.5, 0.6) is 0 Å². The Morgan fingerprint density at radius 1 is 0.789 bits per heavy atom. The summed E-state index contributed by atoms with van der Waals surface area (Å²) in [6, 6.07) is 0. The predicted octanol–water partition coefficient (Wildman–Crippen LogP) is 4.19. The highest BCUT2D eigenvalue weighted by molar-refractivity contribution is 4.96. The fraction of sp³-hybridized carbons (Fsp3) is 1.00. The molecular weight excluding hydrogens is 278 g/mol. The average Bonchev–Trinajstić information content (AvgIpc) is 2.58. The van der Waals surface area contributed by atoms with Crippen LogP contribution >= 0.6 is 0 Å². The minimum atomic E-state index is -5.65. The van der Waals surface area contributed by atoms with Gasteiger partial charge in [0, 0.05) is 0 Å². The first-order valence-corrected chi connectivity index (χ1v) is 6.08. The summed E-state index contributed by atoms with van der Waals surface area (Å²) in [5.41, 5.74) is 0. The van der Waals surface area contributed by atoms with Gasteiger partial charge in [0.2, 0.25) is 0 Å². The van der Waals surface area contributed by atoms with Crippen LogP contribution in [0.3, 0.4) is 0 Å². The highest BCUT2D eigenvalue weighted by atomic mass is 19.4. The maximum atomic E-state index is 12.8. The lowest BCUT2D eigenvalue weighted by molar-refractivity contribution is -0.446. The molecule has 0 saturated carbocycles. The van der Waals surface area contributed by atoms with Crippen molar-refractivity contribution in [2.75, 3.05) is 0 Å². The van der Waals surface area contributed by atoms with E-state index in [9.17, 15) is 26.3 Å². The summed E-state index contributed by atoms with van der Waals surface area (Å²) in [5, 5.41) is 0. The van der Waals surface area contributed by atoms with Crippen molar-refractivity contribution in [1.29, 1.82) is 0 Å². The standard InChI is InChI=1S/C11H16F6O2/c1-3-5-7-8(6-4-2)19-9(18-7,10(12,13)14)11(15,16)17/h7-8H,3-6H2,1-2H3. The molecule has 2 nitrogen and oxygen atoms in total. The van der Waals surface area contributed by atoms with Crippen molar-refractivity contribution < 1.29 is 35.8 Å². The van der Waals surface area contributed by atoms with Crippen molar-refractivity contribution in [3.8, 4) is 0 Å². The molecule has 0 aromatic carbocycles. The molecule has 0 spiro atoms. The number of hydrogen-bond donors (Lipinski definition) is 0. The van der Waals surface area contributed by atoms with E-state index in [1.165, 1.54) is 0 Å². The Bertz CT molecular complexity index is 269. The number of ether oxygens (including phenoxy) is 2. The number of halogens is 6. The predicted molar refractivity (Wildman–Crippen MR) is 54.4 cm³/mol. The van der Waals surface area contributed by atoms with Gasteiger partial charge in [-0.15, -0.1) is 0 Å². The highest BCUT2D eigenvalue weighted by Crippen LogP contribution is 2.52. The molecule has 0 radical (unpaired) electrons. The molecule has 0 amide bonds. The topological polar surface area (TPSA) is 18.5 Å². The maximum Gasteiger partial charge on any atom is 0.453 e. The third-order valence-electron chi connectivity index (χ3n) is 2.94. The zero-order valence-electron chi connectivity index (χ0n) is 10.6. The largest absolute Gasteiger partial charge is 0.453 e. The second-order valence-corrected chi connectivity index (χ2v) is 4.50. The van der Waals surface area contributed by atoms with E-state index >= 15 is 0 Å². The number of rotatable bonds is 4. The van der Waals surface area contributed by atoms with Gasteiger partial charge in [-0.25, -0.2) is 0 Å². The van der Waals surface area contributed by atoms with E-state index in [-0.39, 0.29) is 12.8 Å². The second-order valence-electron chi connectivity index (χ2n) is 4.50. The van der Waals surface area contributed by atoms with Crippen molar-refractivity contribution in [2.45, 2.75) is 69.9 Å². The zero-order chi connectivity index (χ0) is 14.9. The van der Waals surface area contributed by atoms with E-state index in [4.69, 9.17) is 0 Å². The summed E-state index contributed by atoms with van der Waals surface area (Å²) in [4.78, 5) is 0. The van der Waals surface area contributed by atoms with Crippen LogP contribution < -0.4 is 0 Å². The Labute approximate surface area is 107 Å². The van der Waals surface area contributed by atoms with Crippen LogP contribution in [-0.2, 0) is 9.47 Å². The van der Waals surface area contributed by atoms with Crippen LogP contribution in [0.2, 0.25) is 0 Å². The molecule has 0 aromatic heterocycles. The van der Waals surface area contributed by atoms with Crippen LogP contribution in [-0.4, -0.2) is 30.3 Å². The minimum absolute atomic E-state index is 0.0958. The van der Waals surface area contributed by atoms with Gasteiger partial charge in [-0.05, 0) is 12.8 Å². The Balaban J connectivity index is 3.09. The summed E-state index contributed by atoms with van der Waals surface area (Å²) in [5.74, 6) is -4.49. The molecule has 0 N–H and O–H groups in total. The van der Waals surface area contributed by atoms with Gasteiger partial charge in [-0.1, -0.05) is 26.7 Å². The van der Waals surface area contributed by atoms with Gasteiger partial charge in [0.15, 0.2) is 0 Å². The van der Waals surface area contributed by atoms with Crippen molar-refractivity contribution in [3.05, 3.63) is 0 Å². The second kappa shape index (κ2) is 5.47. The van der Waals surface area contributed by atoms with E-state index in [0.29, 0.717) is 12.8 Å². The van der Waals surface area contributed by atoms with Gasteiger partial charge in [0.1, 0.15) is 0 Å². The van der Waals surface area contributed by atoms with E-state index in [2.05, 4.69) is 9.47 Å². The van der Waals surface area contributed by atoms with Gasteiger partial charge < -0.3 is 9.47 Å². The Morgan fingerprint density at radius 2 is 1.11 bits per heavy atom. The fourth-order valence-electron chi connectivity index (χ4n) is 2.09. The SMILES string of the molecule is CCCC1OC(C(F)(F)F)(C(F)(F)F)OC1CCC. The molecule has 8 heteroatoms.